The number of fused-ring (bicyclic) bond motifs is 2. The summed E-state index contributed by atoms with van der Waals surface area (Å²) in [6.45, 7) is 9.68. The van der Waals surface area contributed by atoms with Crippen LogP contribution in [0, 0.1) is 10.8 Å². The first-order chi connectivity index (χ1) is 19.3. The van der Waals surface area contributed by atoms with Crippen LogP contribution in [0.1, 0.15) is 61.9 Å². The molecule has 41 heavy (non-hydrogen) atoms. The predicted octanol–water partition coefficient (Wildman–Crippen LogP) is 7.95. The van der Waals surface area contributed by atoms with E-state index in [-0.39, 0.29) is 18.8 Å². The van der Waals surface area contributed by atoms with E-state index >= 15 is 0 Å². The van der Waals surface area contributed by atoms with Gasteiger partial charge in [-0.15, -0.1) is 0 Å². The Kier molecular flexibility index (Phi) is 7.43. The maximum absolute atomic E-state index is 14.0. The molecule has 0 bridgehead atoms. The van der Waals surface area contributed by atoms with E-state index in [9.17, 15) is 14.7 Å². The smallest absolute Gasteiger partial charge is 0.309 e. The molecule has 0 saturated carbocycles. The van der Waals surface area contributed by atoms with Gasteiger partial charge in [-0.3, -0.25) is 9.59 Å². The number of aromatic nitrogens is 2. The fourth-order valence-corrected chi connectivity index (χ4v) is 4.99. The number of ether oxygens (including phenoxy) is 1. The summed E-state index contributed by atoms with van der Waals surface area (Å²) in [4.78, 5) is 30.8. The molecule has 0 atom stereocenters. The number of hydrogen-bond acceptors (Lipinski definition) is 5. The number of rotatable bonds is 9. The molecule has 3 aromatic heterocycles. The molecular formula is C33H33ClN2O5. The van der Waals surface area contributed by atoms with E-state index in [1.807, 2.05) is 75.4 Å². The van der Waals surface area contributed by atoms with E-state index < -0.39 is 16.8 Å². The molecule has 0 saturated heterocycles. The Morgan fingerprint density at radius 1 is 1.00 bits per heavy atom. The van der Waals surface area contributed by atoms with Gasteiger partial charge in [0, 0.05) is 51.6 Å². The summed E-state index contributed by atoms with van der Waals surface area (Å²) in [6, 6.07) is 18.7. The summed E-state index contributed by atoms with van der Waals surface area (Å²) in [7, 11) is 0. The first-order valence-electron chi connectivity index (χ1n) is 13.5. The molecule has 0 unspecified atom stereocenters. The highest BCUT2D eigenvalue weighted by Gasteiger charge is 2.35. The van der Waals surface area contributed by atoms with Crippen LogP contribution in [0.3, 0.4) is 0 Å². The number of carbonyl (C=O) groups excluding carboxylic acids is 1. The van der Waals surface area contributed by atoms with Crippen LogP contribution in [0.5, 0.6) is 5.75 Å². The Bertz CT molecular complexity index is 1760. The number of carbonyl (C=O) groups is 2. The van der Waals surface area contributed by atoms with Gasteiger partial charge in [0.05, 0.1) is 17.4 Å². The van der Waals surface area contributed by atoms with Crippen LogP contribution in [-0.2, 0) is 24.4 Å². The standard InChI is InChI=1S/C33H33ClN2O5/c1-32(2,3)30(37)29-24-16-23(41-19-22-10-13-28-25(35-22)14-15-40-28)11-12-26(24)36(18-20-6-8-21(34)9-7-20)27(29)17-33(4,5)31(38)39/h6-16H,17-19H2,1-5H3,(H,38,39). The summed E-state index contributed by atoms with van der Waals surface area (Å²) in [6.07, 6.45) is 1.77. The normalized spacial score (nSPS) is 12.2. The molecule has 8 heteroatoms. The van der Waals surface area contributed by atoms with Crippen LogP contribution < -0.4 is 4.74 Å². The quantitative estimate of drug-likeness (QED) is 0.180. The van der Waals surface area contributed by atoms with Gasteiger partial charge in [-0.05, 0) is 61.9 Å². The lowest BCUT2D eigenvalue weighted by molar-refractivity contribution is -0.146. The van der Waals surface area contributed by atoms with Crippen LogP contribution in [0.25, 0.3) is 22.0 Å². The first kappa shape index (κ1) is 28.4. The van der Waals surface area contributed by atoms with Crippen molar-refractivity contribution >= 4 is 45.4 Å². The van der Waals surface area contributed by atoms with Gasteiger partial charge in [0.25, 0.3) is 0 Å². The number of pyridine rings is 1. The van der Waals surface area contributed by atoms with Crippen molar-refractivity contribution in [3.63, 3.8) is 0 Å². The molecule has 0 aliphatic rings. The highest BCUT2D eigenvalue weighted by atomic mass is 35.5. The van der Waals surface area contributed by atoms with Crippen molar-refractivity contribution in [3.8, 4) is 5.75 Å². The highest BCUT2D eigenvalue weighted by molar-refractivity contribution is 6.30. The summed E-state index contributed by atoms with van der Waals surface area (Å²) < 4.78 is 13.6. The van der Waals surface area contributed by atoms with E-state index in [0.29, 0.717) is 34.2 Å². The van der Waals surface area contributed by atoms with E-state index in [1.54, 1.807) is 26.2 Å². The number of benzene rings is 2. The molecule has 2 aromatic carbocycles. The number of carboxylic acids is 1. The zero-order valence-electron chi connectivity index (χ0n) is 23.8. The average molecular weight is 573 g/mol. The molecule has 1 N–H and O–H groups in total. The molecule has 5 aromatic rings. The van der Waals surface area contributed by atoms with E-state index in [4.69, 9.17) is 20.8 Å². The first-order valence-corrected chi connectivity index (χ1v) is 13.8. The van der Waals surface area contributed by atoms with Crippen LogP contribution in [0.15, 0.2) is 71.3 Å². The Labute approximate surface area is 243 Å². The largest absolute Gasteiger partial charge is 0.487 e. The number of ketones is 1. The molecule has 0 fully saturated rings. The highest BCUT2D eigenvalue weighted by Crippen LogP contribution is 2.38. The summed E-state index contributed by atoms with van der Waals surface area (Å²) in [5.74, 6) is -0.402. The van der Waals surface area contributed by atoms with Gasteiger partial charge in [0.2, 0.25) is 0 Å². The number of Topliss-reactive ketones (excluding diaryl/α,β-unsaturated/α-hetero) is 1. The zero-order chi connectivity index (χ0) is 29.5. The molecule has 0 radical (unpaired) electrons. The lowest BCUT2D eigenvalue weighted by Gasteiger charge is -2.24. The second-order valence-electron chi connectivity index (χ2n) is 12.1. The molecule has 212 valence electrons. The van der Waals surface area contributed by atoms with Crippen molar-refractivity contribution in [2.45, 2.75) is 54.2 Å². The second-order valence-corrected chi connectivity index (χ2v) is 12.5. The fourth-order valence-electron chi connectivity index (χ4n) is 4.87. The van der Waals surface area contributed by atoms with Crippen LogP contribution >= 0.6 is 11.6 Å². The number of hydrogen-bond donors (Lipinski definition) is 1. The lowest BCUT2D eigenvalue weighted by Crippen LogP contribution is -2.29. The average Bonchev–Trinajstić information content (AvgIpc) is 3.49. The van der Waals surface area contributed by atoms with Gasteiger partial charge in [-0.1, -0.05) is 44.5 Å². The molecule has 5 rings (SSSR count). The predicted molar refractivity (Wildman–Crippen MR) is 160 cm³/mol. The molecule has 0 spiro atoms. The van der Waals surface area contributed by atoms with Gasteiger partial charge >= 0.3 is 5.97 Å². The Morgan fingerprint density at radius 3 is 2.41 bits per heavy atom. The zero-order valence-corrected chi connectivity index (χ0v) is 24.6. The van der Waals surface area contributed by atoms with Crippen molar-refractivity contribution in [2.75, 3.05) is 0 Å². The maximum Gasteiger partial charge on any atom is 0.309 e. The third kappa shape index (κ3) is 5.86. The van der Waals surface area contributed by atoms with Crippen molar-refractivity contribution in [3.05, 3.63) is 94.5 Å². The molecule has 0 amide bonds. The molecule has 0 aliphatic heterocycles. The molecule has 7 nitrogen and oxygen atoms in total. The van der Waals surface area contributed by atoms with Crippen molar-refractivity contribution in [1.29, 1.82) is 0 Å². The summed E-state index contributed by atoms with van der Waals surface area (Å²) >= 11 is 6.13. The Hall–Kier alpha value is -4.10. The third-order valence-corrected chi connectivity index (χ3v) is 7.50. The summed E-state index contributed by atoms with van der Waals surface area (Å²) in [5, 5.41) is 11.4. The van der Waals surface area contributed by atoms with Gasteiger partial charge in [-0.2, -0.15) is 0 Å². The Morgan fingerprint density at radius 2 is 1.73 bits per heavy atom. The number of halogens is 1. The summed E-state index contributed by atoms with van der Waals surface area (Å²) in [5.41, 5.74) is 3.44. The lowest BCUT2D eigenvalue weighted by atomic mass is 9.81. The monoisotopic (exact) mass is 572 g/mol. The van der Waals surface area contributed by atoms with Crippen LogP contribution in [0.4, 0.5) is 0 Å². The molecule has 3 heterocycles. The van der Waals surface area contributed by atoms with Gasteiger partial charge in [0.15, 0.2) is 11.4 Å². The van der Waals surface area contributed by atoms with Gasteiger partial charge in [0.1, 0.15) is 17.9 Å². The van der Waals surface area contributed by atoms with E-state index in [1.165, 1.54) is 0 Å². The molecular weight excluding hydrogens is 540 g/mol. The number of carboxylic acid groups (broad SMARTS) is 1. The maximum atomic E-state index is 14.0. The van der Waals surface area contributed by atoms with Crippen LogP contribution in [-0.4, -0.2) is 26.4 Å². The second kappa shape index (κ2) is 10.7. The molecule has 0 aliphatic carbocycles. The van der Waals surface area contributed by atoms with Gasteiger partial charge < -0.3 is 18.8 Å². The van der Waals surface area contributed by atoms with Gasteiger partial charge in [-0.25, -0.2) is 4.98 Å². The third-order valence-electron chi connectivity index (χ3n) is 7.24. The number of furan rings is 1. The SMILES string of the molecule is CC(C)(C)C(=O)c1c(CC(C)(C)C(=O)O)n(Cc2ccc(Cl)cc2)c2ccc(OCc3ccc4occc4n3)cc12. The topological polar surface area (TPSA) is 94.6 Å². The fraction of sp³-hybridized carbons (Fsp3) is 0.303. The van der Waals surface area contributed by atoms with Crippen LogP contribution in [0.2, 0.25) is 5.02 Å². The van der Waals surface area contributed by atoms with Crippen molar-refractivity contribution in [1.82, 2.24) is 9.55 Å². The number of aliphatic carboxylic acids is 1. The van der Waals surface area contributed by atoms with E-state index in [0.717, 1.165) is 27.7 Å². The van der Waals surface area contributed by atoms with Crippen molar-refractivity contribution < 1.29 is 23.8 Å². The van der Waals surface area contributed by atoms with Crippen molar-refractivity contribution in [2.24, 2.45) is 10.8 Å². The minimum absolute atomic E-state index is 0.0576. The Balaban J connectivity index is 1.63. The number of nitrogens with zero attached hydrogens (tertiary/aromatic N) is 2. The minimum Gasteiger partial charge on any atom is -0.487 e. The minimum atomic E-state index is -1.10. The van der Waals surface area contributed by atoms with E-state index in [2.05, 4.69) is 9.55 Å².